The van der Waals surface area contributed by atoms with Crippen molar-refractivity contribution < 1.29 is 39.5 Å². The summed E-state index contributed by atoms with van der Waals surface area (Å²) in [5.41, 5.74) is 1.30. The molecule has 12 nitrogen and oxygen atoms in total. The van der Waals surface area contributed by atoms with Crippen molar-refractivity contribution in [2.45, 2.75) is 56.2 Å². The number of fused-ring (bicyclic) bond motifs is 2. The van der Waals surface area contributed by atoms with E-state index in [0.29, 0.717) is 28.5 Å². The van der Waals surface area contributed by atoms with Crippen LogP contribution in [0.25, 0.3) is 0 Å². The monoisotopic (exact) mass is 458 g/mol. The quantitative estimate of drug-likeness (QED) is 0.400. The van der Waals surface area contributed by atoms with E-state index in [2.05, 4.69) is 15.3 Å². The molecule has 0 radical (unpaired) electrons. The van der Waals surface area contributed by atoms with E-state index in [4.69, 9.17) is 9.47 Å². The molecule has 1 saturated carbocycles. The molecule has 2 aromatic rings. The van der Waals surface area contributed by atoms with Gasteiger partial charge in [0.2, 0.25) is 0 Å². The van der Waals surface area contributed by atoms with Crippen LogP contribution in [0.3, 0.4) is 0 Å². The van der Waals surface area contributed by atoms with Crippen LogP contribution in [0.2, 0.25) is 0 Å². The molecular formula is C21H22N4O8. The number of nitrogens with zero attached hydrogens (tertiary/aromatic N) is 3. The summed E-state index contributed by atoms with van der Waals surface area (Å²) in [6.07, 6.45) is -3.56. The van der Waals surface area contributed by atoms with Crippen molar-refractivity contribution in [3.8, 4) is 0 Å². The number of hydrogen-bond donors (Lipinski definition) is 5. The lowest BCUT2D eigenvalue weighted by Crippen LogP contribution is -2.60. The molecule has 2 aliphatic heterocycles. The number of hydrogen-bond acceptors (Lipinski definition) is 10. The van der Waals surface area contributed by atoms with Crippen molar-refractivity contribution in [1.82, 2.24) is 9.97 Å². The van der Waals surface area contributed by atoms with E-state index in [-0.39, 0.29) is 18.6 Å². The molecule has 4 heterocycles. The van der Waals surface area contributed by atoms with E-state index >= 15 is 0 Å². The number of ether oxygens (including phenoxy) is 2. The molecular weight excluding hydrogens is 436 g/mol. The first kappa shape index (κ1) is 21.7. The number of carboxylic acids is 1. The summed E-state index contributed by atoms with van der Waals surface area (Å²) in [6, 6.07) is 5.12. The average Bonchev–Trinajstić information content (AvgIpc) is 3.64. The Kier molecular flexibility index (Phi) is 5.46. The number of aliphatic hydroxyl groups excluding tert-OH is 3. The minimum absolute atomic E-state index is 0.144. The fraction of sp³-hybridized carbons (Fsp3) is 0.429. The number of amides is 1. The maximum atomic E-state index is 12.9. The third-order valence-corrected chi connectivity index (χ3v) is 5.87. The van der Waals surface area contributed by atoms with Crippen LogP contribution in [0.1, 0.15) is 28.8 Å². The maximum Gasteiger partial charge on any atom is 0.335 e. The van der Waals surface area contributed by atoms with Gasteiger partial charge < -0.3 is 40.1 Å². The minimum Gasteiger partial charge on any atom is -0.479 e. The van der Waals surface area contributed by atoms with Crippen molar-refractivity contribution in [3.05, 3.63) is 41.7 Å². The number of anilines is 3. The predicted molar refractivity (Wildman–Crippen MR) is 111 cm³/mol. The fourth-order valence-electron chi connectivity index (χ4n) is 4.02. The van der Waals surface area contributed by atoms with E-state index in [1.807, 2.05) is 4.90 Å². The zero-order chi connectivity index (χ0) is 23.3. The van der Waals surface area contributed by atoms with E-state index < -0.39 is 36.7 Å². The third kappa shape index (κ3) is 3.81. The van der Waals surface area contributed by atoms with Gasteiger partial charge in [-0.15, -0.1) is 0 Å². The average molecular weight is 458 g/mol. The number of rotatable bonds is 5. The second-order valence-corrected chi connectivity index (χ2v) is 8.14. The Bertz CT molecular complexity index is 1090. The summed E-state index contributed by atoms with van der Waals surface area (Å²) < 4.78 is 10.8. The van der Waals surface area contributed by atoms with Crippen molar-refractivity contribution in [2.75, 3.05) is 10.2 Å². The maximum absolute atomic E-state index is 12.9. The molecule has 1 amide bonds. The van der Waals surface area contributed by atoms with Crippen LogP contribution >= 0.6 is 0 Å². The topological polar surface area (TPSA) is 175 Å². The van der Waals surface area contributed by atoms with Crippen LogP contribution in [0, 0.1) is 0 Å². The van der Waals surface area contributed by atoms with Gasteiger partial charge in [-0.3, -0.25) is 4.79 Å². The van der Waals surface area contributed by atoms with Crippen LogP contribution in [0.4, 0.5) is 17.3 Å². The number of pyridine rings is 2. The number of aliphatic carboxylic acids is 1. The SMILES string of the molecule is O=C1Nc2c(CO[C@@H]3O[C@H](C(=O)O)[C@@H](O)[C@H](O)[C@H]3O)ccnc2N(C2CC2)c2ncccc21. The Morgan fingerprint density at radius 1 is 1.12 bits per heavy atom. The molecule has 5 N–H and O–H groups in total. The van der Waals surface area contributed by atoms with Crippen LogP contribution in [0.15, 0.2) is 30.6 Å². The molecule has 3 aliphatic rings. The summed E-state index contributed by atoms with van der Waals surface area (Å²) in [5, 5.41) is 42.1. The first-order valence-electron chi connectivity index (χ1n) is 10.4. The van der Waals surface area contributed by atoms with E-state index in [0.717, 1.165) is 12.8 Å². The van der Waals surface area contributed by atoms with Gasteiger partial charge >= 0.3 is 5.97 Å². The molecule has 0 spiro atoms. The lowest BCUT2D eigenvalue weighted by molar-refractivity contribution is -0.297. The van der Waals surface area contributed by atoms with Crippen LogP contribution in [0.5, 0.6) is 0 Å². The second-order valence-electron chi connectivity index (χ2n) is 8.14. The van der Waals surface area contributed by atoms with Gasteiger partial charge in [0, 0.05) is 24.0 Å². The summed E-state index contributed by atoms with van der Waals surface area (Å²) in [7, 11) is 0. The molecule has 5 atom stereocenters. The molecule has 1 saturated heterocycles. The Morgan fingerprint density at radius 3 is 2.61 bits per heavy atom. The predicted octanol–water partition coefficient (Wildman–Crippen LogP) is -0.248. The summed E-state index contributed by atoms with van der Waals surface area (Å²) in [5.74, 6) is -0.865. The Hall–Kier alpha value is -3.16. The fourth-order valence-corrected chi connectivity index (χ4v) is 4.02. The lowest BCUT2D eigenvalue weighted by Gasteiger charge is -2.38. The van der Waals surface area contributed by atoms with Gasteiger partial charge in [0.1, 0.15) is 24.1 Å². The van der Waals surface area contributed by atoms with E-state index in [9.17, 15) is 30.0 Å². The molecule has 0 bridgehead atoms. The van der Waals surface area contributed by atoms with Crippen molar-refractivity contribution in [1.29, 1.82) is 0 Å². The van der Waals surface area contributed by atoms with E-state index in [1.54, 1.807) is 30.6 Å². The van der Waals surface area contributed by atoms with Crippen LogP contribution < -0.4 is 10.2 Å². The molecule has 0 aromatic carbocycles. The van der Waals surface area contributed by atoms with Gasteiger partial charge in [0.15, 0.2) is 18.2 Å². The van der Waals surface area contributed by atoms with Gasteiger partial charge in [0.05, 0.1) is 17.9 Å². The molecule has 174 valence electrons. The Labute approximate surface area is 187 Å². The number of aliphatic hydroxyl groups is 3. The molecule has 1 aliphatic carbocycles. The highest BCUT2D eigenvalue weighted by molar-refractivity contribution is 6.11. The smallest absolute Gasteiger partial charge is 0.335 e. The Balaban J connectivity index is 1.44. The molecule has 2 aromatic heterocycles. The number of carbonyl (C=O) groups is 2. The Morgan fingerprint density at radius 2 is 1.88 bits per heavy atom. The number of carboxylic acid groups (broad SMARTS) is 1. The minimum atomic E-state index is -1.81. The largest absolute Gasteiger partial charge is 0.479 e. The lowest BCUT2D eigenvalue weighted by atomic mass is 9.99. The normalized spacial score (nSPS) is 29.0. The van der Waals surface area contributed by atoms with Gasteiger partial charge in [-0.05, 0) is 31.0 Å². The number of carbonyl (C=O) groups excluding carboxylic acids is 1. The number of nitrogens with one attached hydrogen (secondary N) is 1. The first-order valence-corrected chi connectivity index (χ1v) is 10.4. The van der Waals surface area contributed by atoms with Gasteiger partial charge in [-0.1, -0.05) is 0 Å². The first-order chi connectivity index (χ1) is 15.9. The van der Waals surface area contributed by atoms with Crippen molar-refractivity contribution in [3.63, 3.8) is 0 Å². The molecule has 0 unspecified atom stereocenters. The summed E-state index contributed by atoms with van der Waals surface area (Å²) in [4.78, 5) is 35.0. The zero-order valence-electron chi connectivity index (χ0n) is 17.2. The molecule has 2 fully saturated rings. The van der Waals surface area contributed by atoms with Gasteiger partial charge in [-0.2, -0.15) is 0 Å². The highest BCUT2D eigenvalue weighted by Gasteiger charge is 2.47. The third-order valence-electron chi connectivity index (χ3n) is 5.87. The molecule has 12 heteroatoms. The second kappa shape index (κ2) is 8.32. The van der Waals surface area contributed by atoms with Gasteiger partial charge in [0.25, 0.3) is 5.91 Å². The standard InChI is InChI=1S/C21H22N4O8/c26-13-14(27)16(20(30)31)33-21(15(13)28)32-8-9-5-7-23-18-12(9)24-19(29)11-2-1-6-22-17(11)25(18)10-3-4-10/h1-2,5-7,10,13-16,21,26-28H,3-4,8H2,(H,24,29)(H,30,31)/t13-,14-,15+,16-,21+/m0/s1. The summed E-state index contributed by atoms with van der Waals surface area (Å²) >= 11 is 0. The van der Waals surface area contributed by atoms with Gasteiger partial charge in [-0.25, -0.2) is 14.8 Å². The highest BCUT2D eigenvalue weighted by Crippen LogP contribution is 2.44. The van der Waals surface area contributed by atoms with Crippen LogP contribution in [-0.2, 0) is 20.9 Å². The number of aromatic nitrogens is 2. The van der Waals surface area contributed by atoms with Crippen LogP contribution in [-0.4, -0.2) is 79.0 Å². The van der Waals surface area contributed by atoms with Crippen molar-refractivity contribution in [2.24, 2.45) is 0 Å². The highest BCUT2D eigenvalue weighted by atomic mass is 16.7. The summed E-state index contributed by atoms with van der Waals surface area (Å²) in [6.45, 7) is -0.204. The molecule has 5 rings (SSSR count). The zero-order valence-corrected chi connectivity index (χ0v) is 17.2. The van der Waals surface area contributed by atoms with Crippen molar-refractivity contribution >= 4 is 29.2 Å². The van der Waals surface area contributed by atoms with E-state index in [1.165, 1.54) is 0 Å². The molecule has 33 heavy (non-hydrogen) atoms.